The van der Waals surface area contributed by atoms with Gasteiger partial charge in [-0.3, -0.25) is 9.59 Å². The number of rotatable bonds is 6. The molecule has 0 atom stereocenters. The molecule has 6 heteroatoms. The standard InChI is InChI=1S/C17H28N4O2/c1-4-13(5-2)17(23)19-14-7-9-20(10-8-14)15-11-16(22)21(6-3)18-12-15/h11-14H,4-10H2,1-3H3,(H,19,23). The van der Waals surface area contributed by atoms with Gasteiger partial charge in [-0.2, -0.15) is 5.10 Å². The lowest BCUT2D eigenvalue weighted by atomic mass is 9.99. The van der Waals surface area contributed by atoms with E-state index < -0.39 is 0 Å². The predicted molar refractivity (Wildman–Crippen MR) is 91.6 cm³/mol. The van der Waals surface area contributed by atoms with E-state index in [2.05, 4.69) is 29.2 Å². The second kappa shape index (κ2) is 8.13. The number of aryl methyl sites for hydroxylation is 1. The van der Waals surface area contributed by atoms with Crippen LogP contribution in [0.25, 0.3) is 0 Å². The fourth-order valence-corrected chi connectivity index (χ4v) is 3.09. The van der Waals surface area contributed by atoms with Crippen molar-refractivity contribution in [1.82, 2.24) is 15.1 Å². The van der Waals surface area contributed by atoms with Crippen molar-refractivity contribution in [1.29, 1.82) is 0 Å². The van der Waals surface area contributed by atoms with Crippen LogP contribution in [-0.4, -0.2) is 34.8 Å². The Morgan fingerprint density at radius 1 is 1.30 bits per heavy atom. The summed E-state index contributed by atoms with van der Waals surface area (Å²) < 4.78 is 1.45. The number of carbonyl (C=O) groups excluding carboxylic acids is 1. The van der Waals surface area contributed by atoms with Gasteiger partial charge in [-0.1, -0.05) is 13.8 Å². The summed E-state index contributed by atoms with van der Waals surface area (Å²) >= 11 is 0. The third-order valence-electron chi connectivity index (χ3n) is 4.72. The minimum Gasteiger partial charge on any atom is -0.370 e. The summed E-state index contributed by atoms with van der Waals surface area (Å²) in [5.74, 6) is 0.305. The fraction of sp³-hybridized carbons (Fsp3) is 0.706. The first kappa shape index (κ1) is 17.5. The highest BCUT2D eigenvalue weighted by atomic mass is 16.2. The zero-order chi connectivity index (χ0) is 16.8. The van der Waals surface area contributed by atoms with Gasteiger partial charge < -0.3 is 10.2 Å². The van der Waals surface area contributed by atoms with Gasteiger partial charge in [0.1, 0.15) is 0 Å². The Hall–Kier alpha value is -1.85. The minimum absolute atomic E-state index is 0.0610. The first-order valence-electron chi connectivity index (χ1n) is 8.71. The molecule has 23 heavy (non-hydrogen) atoms. The monoisotopic (exact) mass is 320 g/mol. The number of hydrogen-bond donors (Lipinski definition) is 1. The van der Waals surface area contributed by atoms with Crippen molar-refractivity contribution in [3.05, 3.63) is 22.6 Å². The number of nitrogens with zero attached hydrogens (tertiary/aromatic N) is 3. The average molecular weight is 320 g/mol. The van der Waals surface area contributed by atoms with Crippen LogP contribution in [0.1, 0.15) is 46.5 Å². The van der Waals surface area contributed by atoms with E-state index in [9.17, 15) is 9.59 Å². The molecule has 1 aliphatic rings. The van der Waals surface area contributed by atoms with Gasteiger partial charge in [-0.15, -0.1) is 0 Å². The third-order valence-corrected chi connectivity index (χ3v) is 4.72. The fourth-order valence-electron chi connectivity index (χ4n) is 3.09. The molecule has 1 aromatic heterocycles. The molecule has 0 unspecified atom stereocenters. The van der Waals surface area contributed by atoms with Crippen LogP contribution >= 0.6 is 0 Å². The molecule has 1 aliphatic heterocycles. The van der Waals surface area contributed by atoms with E-state index in [-0.39, 0.29) is 23.4 Å². The Morgan fingerprint density at radius 2 is 1.96 bits per heavy atom. The zero-order valence-corrected chi connectivity index (χ0v) is 14.4. The van der Waals surface area contributed by atoms with Crippen LogP contribution in [0.15, 0.2) is 17.1 Å². The lowest BCUT2D eigenvalue weighted by Gasteiger charge is -2.34. The molecule has 2 rings (SSSR count). The molecular weight excluding hydrogens is 292 g/mol. The minimum atomic E-state index is -0.0610. The van der Waals surface area contributed by atoms with Gasteiger partial charge in [-0.05, 0) is 32.6 Å². The molecule has 0 bridgehead atoms. The maximum Gasteiger partial charge on any atom is 0.268 e. The van der Waals surface area contributed by atoms with E-state index in [1.807, 2.05) is 6.92 Å². The number of anilines is 1. The molecule has 0 saturated carbocycles. The number of carbonyl (C=O) groups is 1. The highest BCUT2D eigenvalue weighted by Gasteiger charge is 2.23. The van der Waals surface area contributed by atoms with Crippen LogP contribution in [0.4, 0.5) is 5.69 Å². The van der Waals surface area contributed by atoms with Crippen LogP contribution in [0.3, 0.4) is 0 Å². The summed E-state index contributed by atoms with van der Waals surface area (Å²) in [6.45, 7) is 8.28. The normalized spacial score (nSPS) is 15.9. The van der Waals surface area contributed by atoms with Crippen LogP contribution in [0.2, 0.25) is 0 Å². The van der Waals surface area contributed by atoms with Crippen LogP contribution in [0.5, 0.6) is 0 Å². The maximum atomic E-state index is 12.2. The molecule has 0 aromatic carbocycles. The van der Waals surface area contributed by atoms with E-state index in [0.29, 0.717) is 6.54 Å². The average Bonchev–Trinajstić information content (AvgIpc) is 2.56. The van der Waals surface area contributed by atoms with Crippen molar-refractivity contribution in [2.45, 2.75) is 59.0 Å². The molecule has 128 valence electrons. The zero-order valence-electron chi connectivity index (χ0n) is 14.4. The molecule has 1 amide bonds. The van der Waals surface area contributed by atoms with Crippen molar-refractivity contribution >= 4 is 11.6 Å². The summed E-state index contributed by atoms with van der Waals surface area (Å²) in [6.07, 6.45) is 5.35. The Labute approximate surface area is 137 Å². The van der Waals surface area contributed by atoms with Crippen LogP contribution < -0.4 is 15.8 Å². The van der Waals surface area contributed by atoms with Crippen molar-refractivity contribution in [2.75, 3.05) is 18.0 Å². The van der Waals surface area contributed by atoms with Gasteiger partial charge in [0.05, 0.1) is 11.9 Å². The van der Waals surface area contributed by atoms with E-state index in [1.165, 1.54) is 4.68 Å². The Balaban J connectivity index is 1.90. The molecule has 1 fully saturated rings. The molecule has 2 heterocycles. The Morgan fingerprint density at radius 3 is 2.48 bits per heavy atom. The summed E-state index contributed by atoms with van der Waals surface area (Å²) in [6, 6.07) is 1.89. The number of amides is 1. The summed E-state index contributed by atoms with van der Waals surface area (Å²) in [5.41, 5.74) is 0.818. The van der Waals surface area contributed by atoms with Crippen LogP contribution in [0, 0.1) is 5.92 Å². The maximum absolute atomic E-state index is 12.2. The second-order valence-electron chi connectivity index (χ2n) is 6.15. The Bertz CT molecular complexity index is 572. The lowest BCUT2D eigenvalue weighted by Crippen LogP contribution is -2.46. The van der Waals surface area contributed by atoms with E-state index >= 15 is 0 Å². The van der Waals surface area contributed by atoms with Gasteiger partial charge in [0, 0.05) is 37.7 Å². The first-order chi connectivity index (χ1) is 11.1. The number of aromatic nitrogens is 2. The molecule has 0 aliphatic carbocycles. The number of piperidine rings is 1. The molecule has 1 N–H and O–H groups in total. The summed E-state index contributed by atoms with van der Waals surface area (Å²) in [5, 5.41) is 7.35. The van der Waals surface area contributed by atoms with Gasteiger partial charge in [0.15, 0.2) is 0 Å². The van der Waals surface area contributed by atoms with Crippen molar-refractivity contribution in [3.63, 3.8) is 0 Å². The third kappa shape index (κ3) is 4.33. The van der Waals surface area contributed by atoms with Gasteiger partial charge in [0.2, 0.25) is 5.91 Å². The molecule has 1 aromatic rings. The molecule has 0 spiro atoms. The summed E-state index contributed by atoms with van der Waals surface area (Å²) in [7, 11) is 0. The van der Waals surface area contributed by atoms with Crippen LogP contribution in [-0.2, 0) is 11.3 Å². The highest BCUT2D eigenvalue weighted by molar-refractivity contribution is 5.78. The van der Waals surface area contributed by atoms with Gasteiger partial charge in [0.25, 0.3) is 5.56 Å². The Kier molecular flexibility index (Phi) is 6.19. The second-order valence-corrected chi connectivity index (χ2v) is 6.15. The number of nitrogens with one attached hydrogen (secondary N) is 1. The highest BCUT2D eigenvalue weighted by Crippen LogP contribution is 2.18. The van der Waals surface area contributed by atoms with E-state index in [4.69, 9.17) is 0 Å². The first-order valence-corrected chi connectivity index (χ1v) is 8.71. The largest absolute Gasteiger partial charge is 0.370 e. The SMILES string of the molecule is CCC(CC)C(=O)NC1CCN(c2cnn(CC)c(=O)c2)CC1. The lowest BCUT2D eigenvalue weighted by molar-refractivity contribution is -0.126. The molecule has 0 radical (unpaired) electrons. The quantitative estimate of drug-likeness (QED) is 0.868. The molecule has 1 saturated heterocycles. The van der Waals surface area contributed by atoms with Crippen molar-refractivity contribution in [2.24, 2.45) is 5.92 Å². The van der Waals surface area contributed by atoms with Gasteiger partial charge >= 0.3 is 0 Å². The number of hydrogen-bond acceptors (Lipinski definition) is 4. The summed E-state index contributed by atoms with van der Waals surface area (Å²) in [4.78, 5) is 26.2. The topological polar surface area (TPSA) is 67.2 Å². The molecular formula is C17H28N4O2. The van der Waals surface area contributed by atoms with E-state index in [1.54, 1.807) is 12.3 Å². The predicted octanol–water partition coefficient (Wildman–Crippen LogP) is 1.78. The van der Waals surface area contributed by atoms with E-state index in [0.717, 1.165) is 44.5 Å². The van der Waals surface area contributed by atoms with Crippen molar-refractivity contribution in [3.8, 4) is 0 Å². The van der Waals surface area contributed by atoms with Gasteiger partial charge in [-0.25, -0.2) is 4.68 Å². The molecule has 6 nitrogen and oxygen atoms in total. The van der Waals surface area contributed by atoms with Crippen molar-refractivity contribution < 1.29 is 4.79 Å². The smallest absolute Gasteiger partial charge is 0.268 e.